The van der Waals surface area contributed by atoms with Crippen molar-refractivity contribution in [3.63, 3.8) is 0 Å². The fourth-order valence-corrected chi connectivity index (χ4v) is 24.5. The van der Waals surface area contributed by atoms with Gasteiger partial charge in [-0.15, -0.1) is 0 Å². The summed E-state index contributed by atoms with van der Waals surface area (Å²) in [5.41, 5.74) is 38.3. The molecule has 2 atom stereocenters. The molecule has 0 N–H and O–H groups in total. The second kappa shape index (κ2) is 29.8. The molecule has 4 heteroatoms. The Bertz CT molecular complexity index is 9340. The lowest BCUT2D eigenvalue weighted by molar-refractivity contribution is 0.521. The minimum Gasteiger partial charge on any atom is -0.455 e. The van der Waals surface area contributed by atoms with Crippen LogP contribution in [0.4, 0.5) is 28.4 Å². The number of furan rings is 2. The third-order valence-electron chi connectivity index (χ3n) is 31.3. The third-order valence-corrected chi connectivity index (χ3v) is 31.3. The van der Waals surface area contributed by atoms with Gasteiger partial charge in [-0.2, -0.15) is 0 Å². The van der Waals surface area contributed by atoms with Gasteiger partial charge in [0.05, 0.1) is 5.69 Å². The number of anilines is 5. The molecule has 22 aromatic carbocycles. The quantitative estimate of drug-likeness (QED) is 0.121. The monoisotopic (exact) mass is 1750 g/mol. The fourth-order valence-electron chi connectivity index (χ4n) is 24.5. The van der Waals surface area contributed by atoms with Crippen molar-refractivity contribution in [2.24, 2.45) is 0 Å². The number of fused-ring (bicyclic) bond motifs is 32. The third kappa shape index (κ3) is 11.9. The average Bonchev–Trinajstić information content (AvgIpc) is 1.71. The second-order valence-corrected chi connectivity index (χ2v) is 39.4. The minimum absolute atomic E-state index is 0.0474. The maximum atomic E-state index is 6.96. The molecular weight excluding hydrogens is 1660 g/mol. The summed E-state index contributed by atoms with van der Waals surface area (Å²) in [6.45, 7) is 12.1. The topological polar surface area (TPSA) is 32.8 Å². The average molecular weight is 1750 g/mol. The van der Waals surface area contributed by atoms with Crippen molar-refractivity contribution in [3.05, 3.63) is 488 Å². The maximum Gasteiger partial charge on any atom is 0.159 e. The van der Waals surface area contributed by atoms with E-state index in [9.17, 15) is 0 Å². The van der Waals surface area contributed by atoms with Crippen LogP contribution in [0.5, 0.6) is 0 Å². The zero-order valence-electron chi connectivity index (χ0n) is 76.5. The van der Waals surface area contributed by atoms with Gasteiger partial charge in [0.25, 0.3) is 0 Å². The van der Waals surface area contributed by atoms with Crippen molar-refractivity contribution in [2.45, 2.75) is 56.8 Å². The molecule has 0 bridgehead atoms. The molecular formula is C133H90N2O2. The number of benzene rings is 22. The van der Waals surface area contributed by atoms with E-state index in [1.54, 1.807) is 0 Å². The largest absolute Gasteiger partial charge is 0.455 e. The normalized spacial score (nSPS) is 15.3. The summed E-state index contributed by atoms with van der Waals surface area (Å²) in [4.78, 5) is 4.83. The van der Waals surface area contributed by atoms with E-state index in [2.05, 4.69) is 493 Å². The zero-order valence-corrected chi connectivity index (χ0v) is 76.5. The van der Waals surface area contributed by atoms with Gasteiger partial charge >= 0.3 is 0 Å². The Labute approximate surface area is 794 Å². The van der Waals surface area contributed by atoms with Gasteiger partial charge in [-0.3, -0.25) is 0 Å². The van der Waals surface area contributed by atoms with E-state index in [-0.39, 0.29) is 16.7 Å². The van der Waals surface area contributed by atoms with Crippen LogP contribution in [0.15, 0.2) is 463 Å². The van der Waals surface area contributed by atoms with E-state index in [4.69, 9.17) is 8.83 Å². The lowest BCUT2D eigenvalue weighted by Gasteiger charge is -2.43. The summed E-state index contributed by atoms with van der Waals surface area (Å²) in [5.74, 6) is 0.0474. The first-order valence-electron chi connectivity index (χ1n) is 48.0. The van der Waals surface area contributed by atoms with Crippen molar-refractivity contribution in [3.8, 4) is 100 Å². The summed E-state index contributed by atoms with van der Waals surface area (Å²) in [7, 11) is 0. The van der Waals surface area contributed by atoms with Crippen LogP contribution >= 0.6 is 0 Å². The van der Waals surface area contributed by atoms with E-state index < -0.39 is 5.41 Å². The Morgan fingerprint density at radius 2 is 0.577 bits per heavy atom. The molecule has 644 valence electrons. The highest BCUT2D eigenvalue weighted by Gasteiger charge is 2.43. The van der Waals surface area contributed by atoms with Crippen molar-refractivity contribution in [1.29, 1.82) is 0 Å². The lowest BCUT2D eigenvalue weighted by Crippen LogP contribution is -2.33. The molecule has 0 aliphatic heterocycles. The number of para-hydroxylation sites is 3. The number of rotatable bonds is 11. The summed E-state index contributed by atoms with van der Waals surface area (Å²) in [6.07, 6.45) is 7.44. The Morgan fingerprint density at radius 3 is 1.14 bits per heavy atom. The van der Waals surface area contributed by atoms with E-state index in [0.29, 0.717) is 0 Å². The molecule has 0 fully saturated rings. The first-order valence-corrected chi connectivity index (χ1v) is 48.0. The van der Waals surface area contributed by atoms with Crippen molar-refractivity contribution in [1.82, 2.24) is 0 Å². The van der Waals surface area contributed by atoms with Crippen LogP contribution in [0.1, 0.15) is 73.9 Å². The van der Waals surface area contributed by atoms with Crippen LogP contribution in [0.3, 0.4) is 0 Å². The minimum atomic E-state index is -0.459. The molecule has 4 nitrogen and oxygen atoms in total. The van der Waals surface area contributed by atoms with Crippen LogP contribution in [0, 0.1) is 0 Å². The molecule has 0 saturated carbocycles. The summed E-state index contributed by atoms with van der Waals surface area (Å²) >= 11 is 0. The highest BCUT2D eigenvalue weighted by atomic mass is 16.3. The molecule has 0 saturated heterocycles. The molecule has 0 radical (unpaired) electrons. The summed E-state index contributed by atoms with van der Waals surface area (Å²) < 4.78 is 13.9. The Hall–Kier alpha value is -16.9. The van der Waals surface area contributed by atoms with Crippen LogP contribution in [0.25, 0.3) is 209 Å². The van der Waals surface area contributed by atoms with Gasteiger partial charge in [0.1, 0.15) is 16.7 Å². The lowest BCUT2D eigenvalue weighted by atomic mass is 9.62. The van der Waals surface area contributed by atoms with Gasteiger partial charge in [-0.1, -0.05) is 356 Å². The highest BCUT2D eigenvalue weighted by Crippen LogP contribution is 2.59. The second-order valence-electron chi connectivity index (χ2n) is 39.4. The summed E-state index contributed by atoms with van der Waals surface area (Å²) in [5, 5.41) is 19.9. The van der Waals surface area contributed by atoms with Gasteiger partial charge in [0.15, 0.2) is 5.58 Å². The number of nitrogens with zero attached hydrogens (tertiary/aromatic N) is 2. The standard InChI is InChI=1S/C133H90N2O2/c1-131(2)120-69-58-86(71-116(120)118-76-113-102-33-13-8-26-95(102)97-28-10-15-35-104(97)115(113)78-125(118)131)82-51-61-90(62-52-82)134(93-67-70-122-106-36-17-16-31-100(106)98-29-6-11-30-99(98)105-37-18-21-41-121(105)133(122,5)79-93)89-59-49-81(50-60-89)80-45-47-84(48-46-80)88-72-111(129-119(73-88)109-39-20-23-44-128(109)136-129)85-55-65-92(66-56-85)135(126-42-24-40-110-108-38-19-22-43-127(108)137-130(110)126)91-63-53-83(54-64-91)87-57-68-107-117-75-112-101-32-12-7-25-94(101)96-27-9-14-34-103(96)114(112)77-124(117)132(3,4)123(107)74-87/h6-79,122H,1-5H3. The first kappa shape index (κ1) is 78.7. The predicted molar refractivity (Wildman–Crippen MR) is 576 cm³/mol. The van der Waals surface area contributed by atoms with Crippen molar-refractivity contribution >= 4 is 137 Å². The Morgan fingerprint density at radius 1 is 0.212 bits per heavy atom. The van der Waals surface area contributed by atoms with Gasteiger partial charge in [-0.05, 0) is 320 Å². The highest BCUT2D eigenvalue weighted by molar-refractivity contribution is 6.28. The molecule has 2 heterocycles. The van der Waals surface area contributed by atoms with Crippen LogP contribution in [-0.2, 0) is 16.2 Å². The zero-order chi connectivity index (χ0) is 90.8. The molecule has 2 aromatic heterocycles. The molecule has 0 amide bonds. The van der Waals surface area contributed by atoms with Crippen molar-refractivity contribution < 1.29 is 8.83 Å². The van der Waals surface area contributed by atoms with Gasteiger partial charge in [0, 0.05) is 77.7 Å². The number of hydrogen-bond donors (Lipinski definition) is 0. The van der Waals surface area contributed by atoms with E-state index >= 15 is 0 Å². The van der Waals surface area contributed by atoms with Crippen LogP contribution < -0.4 is 9.80 Å². The molecule has 4 aliphatic carbocycles. The maximum absolute atomic E-state index is 6.96. The van der Waals surface area contributed by atoms with E-state index in [0.717, 1.165) is 117 Å². The molecule has 28 rings (SSSR count). The van der Waals surface area contributed by atoms with Gasteiger partial charge in [0.2, 0.25) is 0 Å². The number of allylic oxidation sites excluding steroid dienone is 3. The fraction of sp³-hybridized carbons (Fsp3) is 0.0677. The SMILES string of the molecule is CC1(C)c2ccc(-c3ccc(N(C4=CC5(C)c6ccccc6-c6ccccc6-c6ccccc6C5C=C4)c4ccc(-c5ccc(-c6cc(-c7ccc(N(c8ccc(-c9ccc%10c(c9)C(C)(C)c9cc%11c%12ccccc%12c%12ccccc%12c%11cc9-%10)cc8)c8cccc9c8oc8ccccc89)cc7)c7oc8ccccc8c7c6)cc5)cc4)cc3)cc2-c2cc3c4ccccc4c4ccccc4c3cc21. The molecule has 4 aliphatic rings. The molecule has 24 aromatic rings. The Balaban J connectivity index is 0.515. The molecule has 137 heavy (non-hydrogen) atoms. The van der Waals surface area contributed by atoms with Crippen LogP contribution in [0.2, 0.25) is 0 Å². The van der Waals surface area contributed by atoms with Crippen molar-refractivity contribution in [2.75, 3.05) is 9.80 Å². The van der Waals surface area contributed by atoms with E-state index in [1.165, 1.54) is 159 Å². The first-order chi connectivity index (χ1) is 67.3. The number of hydrogen-bond acceptors (Lipinski definition) is 4. The van der Waals surface area contributed by atoms with Crippen LogP contribution in [-0.4, -0.2) is 0 Å². The Kier molecular flexibility index (Phi) is 17.1. The van der Waals surface area contributed by atoms with Gasteiger partial charge in [-0.25, -0.2) is 0 Å². The molecule has 2 unspecified atom stereocenters. The molecule has 0 spiro atoms. The van der Waals surface area contributed by atoms with E-state index in [1.807, 2.05) is 0 Å². The predicted octanol–water partition coefficient (Wildman–Crippen LogP) is 36.8. The summed E-state index contributed by atoms with van der Waals surface area (Å²) in [6, 6.07) is 161. The van der Waals surface area contributed by atoms with Gasteiger partial charge < -0.3 is 18.6 Å². The smallest absolute Gasteiger partial charge is 0.159 e.